The van der Waals surface area contributed by atoms with E-state index in [0.29, 0.717) is 25.1 Å². The number of hydrogen-bond donors (Lipinski definition) is 0. The first kappa shape index (κ1) is 20.0. The van der Waals surface area contributed by atoms with E-state index in [4.69, 9.17) is 0 Å². The summed E-state index contributed by atoms with van der Waals surface area (Å²) in [6.07, 6.45) is 3.94. The fraction of sp³-hybridized carbons (Fsp3) is 0.381. The second-order valence-electron chi connectivity index (χ2n) is 7.44. The van der Waals surface area contributed by atoms with Crippen molar-refractivity contribution in [3.8, 4) is 0 Å². The molecule has 29 heavy (non-hydrogen) atoms. The van der Waals surface area contributed by atoms with Crippen LogP contribution in [0.4, 0.5) is 14.5 Å². The fourth-order valence-electron chi connectivity index (χ4n) is 4.01. The molecule has 1 amide bonds. The van der Waals surface area contributed by atoms with Crippen molar-refractivity contribution in [1.82, 2.24) is 4.31 Å². The quantitative estimate of drug-likeness (QED) is 0.760. The highest BCUT2D eigenvalue weighted by Crippen LogP contribution is 2.32. The molecule has 0 atom stereocenters. The number of fused-ring (bicyclic) bond motifs is 1. The summed E-state index contributed by atoms with van der Waals surface area (Å²) >= 11 is 0. The molecular weight excluding hydrogens is 398 g/mol. The molecule has 1 fully saturated rings. The Bertz CT molecular complexity index is 1050. The topological polar surface area (TPSA) is 57.7 Å². The predicted molar refractivity (Wildman–Crippen MR) is 105 cm³/mol. The van der Waals surface area contributed by atoms with E-state index in [9.17, 15) is 22.0 Å². The molecule has 0 saturated carbocycles. The summed E-state index contributed by atoms with van der Waals surface area (Å²) in [6.45, 7) is 1.16. The second kappa shape index (κ2) is 7.84. The molecule has 154 valence electrons. The molecule has 8 heteroatoms. The van der Waals surface area contributed by atoms with Gasteiger partial charge in [0.2, 0.25) is 10.0 Å². The molecule has 2 aliphatic rings. The average molecular weight is 420 g/mol. The van der Waals surface area contributed by atoms with Crippen LogP contribution in [0.5, 0.6) is 0 Å². The van der Waals surface area contributed by atoms with Crippen molar-refractivity contribution >= 4 is 21.6 Å². The molecule has 2 aromatic carbocycles. The number of anilines is 1. The van der Waals surface area contributed by atoms with Crippen molar-refractivity contribution in [2.24, 2.45) is 0 Å². The smallest absolute Gasteiger partial charge is 0.258 e. The van der Waals surface area contributed by atoms with Gasteiger partial charge in [-0.05, 0) is 43.5 Å². The Morgan fingerprint density at radius 3 is 2.38 bits per heavy atom. The van der Waals surface area contributed by atoms with Gasteiger partial charge in [-0.1, -0.05) is 18.9 Å². The largest absolute Gasteiger partial charge is 0.308 e. The number of nitrogens with zero attached hydrogens (tertiary/aromatic N) is 2. The summed E-state index contributed by atoms with van der Waals surface area (Å²) in [4.78, 5) is 14.4. The van der Waals surface area contributed by atoms with Crippen LogP contribution in [0, 0.1) is 11.6 Å². The predicted octanol–water partition coefficient (Wildman–Crippen LogP) is 3.73. The van der Waals surface area contributed by atoms with E-state index in [0.717, 1.165) is 37.8 Å². The first-order valence-electron chi connectivity index (χ1n) is 9.78. The van der Waals surface area contributed by atoms with E-state index in [1.165, 1.54) is 33.5 Å². The monoisotopic (exact) mass is 420 g/mol. The van der Waals surface area contributed by atoms with E-state index in [2.05, 4.69) is 0 Å². The molecule has 0 N–H and O–H groups in total. The number of rotatable bonds is 3. The Kier molecular flexibility index (Phi) is 5.40. The second-order valence-corrected chi connectivity index (χ2v) is 9.38. The number of amides is 1. The van der Waals surface area contributed by atoms with Gasteiger partial charge in [0.15, 0.2) is 0 Å². The van der Waals surface area contributed by atoms with Gasteiger partial charge in [0.1, 0.15) is 11.6 Å². The van der Waals surface area contributed by atoms with E-state index in [1.807, 2.05) is 0 Å². The maximum atomic E-state index is 14.0. The lowest BCUT2D eigenvalue weighted by Crippen LogP contribution is -2.32. The van der Waals surface area contributed by atoms with Crippen LogP contribution < -0.4 is 4.90 Å². The first-order chi connectivity index (χ1) is 13.9. The number of carbonyl (C=O) groups excluding carboxylic acids is 1. The third-order valence-electron chi connectivity index (χ3n) is 5.54. The van der Waals surface area contributed by atoms with Crippen molar-refractivity contribution in [2.45, 2.75) is 37.0 Å². The summed E-state index contributed by atoms with van der Waals surface area (Å²) in [6, 6.07) is 7.84. The molecule has 4 rings (SSSR count). The molecule has 0 spiro atoms. The molecule has 2 aromatic rings. The molecule has 0 bridgehead atoms. The molecule has 2 heterocycles. The lowest BCUT2D eigenvalue weighted by Gasteiger charge is -2.21. The van der Waals surface area contributed by atoms with Gasteiger partial charge in [-0.15, -0.1) is 0 Å². The Morgan fingerprint density at radius 2 is 1.66 bits per heavy atom. The minimum atomic E-state index is -3.70. The van der Waals surface area contributed by atoms with Gasteiger partial charge in [-0.3, -0.25) is 4.79 Å². The molecule has 0 radical (unpaired) electrons. The van der Waals surface area contributed by atoms with E-state index in [1.54, 1.807) is 0 Å². The fourth-order valence-corrected chi connectivity index (χ4v) is 5.57. The van der Waals surface area contributed by atoms with Crippen molar-refractivity contribution < 1.29 is 22.0 Å². The van der Waals surface area contributed by atoms with Crippen molar-refractivity contribution in [2.75, 3.05) is 24.5 Å². The number of benzene rings is 2. The van der Waals surface area contributed by atoms with Gasteiger partial charge < -0.3 is 4.90 Å². The highest BCUT2D eigenvalue weighted by atomic mass is 32.2. The van der Waals surface area contributed by atoms with Gasteiger partial charge in [0.25, 0.3) is 5.91 Å². The Hall–Kier alpha value is -2.32. The van der Waals surface area contributed by atoms with E-state index >= 15 is 0 Å². The van der Waals surface area contributed by atoms with Crippen molar-refractivity contribution in [3.05, 3.63) is 59.2 Å². The number of hydrogen-bond acceptors (Lipinski definition) is 3. The SMILES string of the molecule is O=C(c1cccc(S(=O)(=O)N2CCCCCC2)c1)N1CCc2c(F)cc(F)cc21. The first-order valence-corrected chi connectivity index (χ1v) is 11.2. The molecular formula is C21H22F2N2O3S. The highest BCUT2D eigenvalue weighted by Gasteiger charge is 2.30. The van der Waals surface area contributed by atoms with Crippen LogP contribution in [0.2, 0.25) is 0 Å². The molecule has 0 aromatic heterocycles. The van der Waals surface area contributed by atoms with Crippen LogP contribution in [-0.2, 0) is 16.4 Å². The standard InChI is InChI=1S/C21H22F2N2O3S/c22-16-13-19(23)18-8-11-25(20(18)14-16)21(26)15-6-5-7-17(12-15)29(27,28)24-9-3-1-2-4-10-24/h5-7,12-14H,1-4,8-11H2. The lowest BCUT2D eigenvalue weighted by molar-refractivity contribution is 0.0989. The maximum Gasteiger partial charge on any atom is 0.258 e. The molecule has 0 unspecified atom stereocenters. The summed E-state index contributed by atoms with van der Waals surface area (Å²) in [5.41, 5.74) is 0.680. The zero-order valence-corrected chi connectivity index (χ0v) is 16.7. The van der Waals surface area contributed by atoms with Crippen LogP contribution in [-0.4, -0.2) is 38.3 Å². The average Bonchev–Trinajstić information content (AvgIpc) is 2.93. The Balaban J connectivity index is 1.64. The summed E-state index contributed by atoms with van der Waals surface area (Å²) < 4.78 is 55.2. The third-order valence-corrected chi connectivity index (χ3v) is 7.44. The Labute approximate surface area is 169 Å². The maximum absolute atomic E-state index is 14.0. The minimum Gasteiger partial charge on any atom is -0.308 e. The van der Waals surface area contributed by atoms with Crippen LogP contribution in [0.15, 0.2) is 41.3 Å². The highest BCUT2D eigenvalue weighted by molar-refractivity contribution is 7.89. The summed E-state index contributed by atoms with van der Waals surface area (Å²) in [5.74, 6) is -1.90. The summed E-state index contributed by atoms with van der Waals surface area (Å²) in [7, 11) is -3.70. The van der Waals surface area contributed by atoms with Gasteiger partial charge in [0, 0.05) is 36.8 Å². The van der Waals surface area contributed by atoms with Crippen molar-refractivity contribution in [3.63, 3.8) is 0 Å². The molecule has 1 saturated heterocycles. The van der Waals surface area contributed by atoms with Crippen LogP contribution >= 0.6 is 0 Å². The van der Waals surface area contributed by atoms with Gasteiger partial charge in [0.05, 0.1) is 10.6 Å². The number of sulfonamides is 1. The molecule has 0 aliphatic carbocycles. The van der Waals surface area contributed by atoms with Crippen LogP contribution in [0.3, 0.4) is 0 Å². The van der Waals surface area contributed by atoms with Gasteiger partial charge in [-0.25, -0.2) is 17.2 Å². The summed E-state index contributed by atoms with van der Waals surface area (Å²) in [5, 5.41) is 0. The van der Waals surface area contributed by atoms with Gasteiger partial charge >= 0.3 is 0 Å². The third kappa shape index (κ3) is 3.79. The number of carbonyl (C=O) groups is 1. The van der Waals surface area contributed by atoms with Crippen molar-refractivity contribution in [1.29, 1.82) is 0 Å². The van der Waals surface area contributed by atoms with Crippen LogP contribution in [0.25, 0.3) is 0 Å². The Morgan fingerprint density at radius 1 is 0.931 bits per heavy atom. The normalized spacial score (nSPS) is 17.8. The van der Waals surface area contributed by atoms with E-state index < -0.39 is 27.6 Å². The molecule has 2 aliphatic heterocycles. The lowest BCUT2D eigenvalue weighted by atomic mass is 10.1. The van der Waals surface area contributed by atoms with E-state index in [-0.39, 0.29) is 22.7 Å². The molecule has 5 nitrogen and oxygen atoms in total. The van der Waals surface area contributed by atoms with Gasteiger partial charge in [-0.2, -0.15) is 4.31 Å². The minimum absolute atomic E-state index is 0.0649. The zero-order chi connectivity index (χ0) is 20.6. The zero-order valence-electron chi connectivity index (χ0n) is 15.9. The number of halogens is 2. The van der Waals surface area contributed by atoms with Crippen LogP contribution in [0.1, 0.15) is 41.6 Å².